The molecule has 0 atom stereocenters. The van der Waals surface area contributed by atoms with E-state index in [0.717, 1.165) is 49.3 Å². The van der Waals surface area contributed by atoms with Gasteiger partial charge in [-0.1, -0.05) is 30.3 Å². The lowest BCUT2D eigenvalue weighted by atomic mass is 9.91. The molecule has 0 N–H and O–H groups in total. The van der Waals surface area contributed by atoms with Gasteiger partial charge >= 0.3 is 6.09 Å². The lowest BCUT2D eigenvalue weighted by molar-refractivity contribution is -0.000889. The summed E-state index contributed by atoms with van der Waals surface area (Å²) in [5.74, 6) is -0.465. The Hall–Kier alpha value is -3.71. The van der Waals surface area contributed by atoms with E-state index in [1.165, 1.54) is 35.4 Å². The summed E-state index contributed by atoms with van der Waals surface area (Å²) < 4.78 is 21.9. The number of hydrogen-bond donors (Lipinski definition) is 0. The molecule has 4 aromatic rings. The van der Waals surface area contributed by atoms with Crippen LogP contribution in [-0.4, -0.2) is 45.8 Å². The van der Waals surface area contributed by atoms with Gasteiger partial charge in [0, 0.05) is 73.1 Å². The largest absolute Gasteiger partial charge is 0.441 e. The van der Waals surface area contributed by atoms with E-state index in [-0.39, 0.29) is 6.09 Å². The SMILES string of the molecule is O=C1OC2(CCN(Cc3cn(C4CC4)c4cccc(-c5ccc(F)nc5)c34)CC2)CN1c1ccccc1. The molecular weight excluding hydrogens is 467 g/mol. The topological polar surface area (TPSA) is 50.6 Å². The number of ether oxygens (including phenoxy) is 1. The fourth-order valence-corrected chi connectivity index (χ4v) is 5.99. The van der Waals surface area contributed by atoms with Crippen LogP contribution in [0.25, 0.3) is 22.0 Å². The van der Waals surface area contributed by atoms with Crippen molar-refractivity contribution in [2.24, 2.45) is 0 Å². The summed E-state index contributed by atoms with van der Waals surface area (Å²) in [5, 5.41) is 1.23. The first-order valence-electron chi connectivity index (χ1n) is 13.1. The molecule has 188 valence electrons. The number of anilines is 1. The molecule has 7 rings (SSSR count). The molecular formula is C30H29FN4O2. The van der Waals surface area contributed by atoms with Gasteiger partial charge in [0.2, 0.25) is 5.95 Å². The normalized spacial score (nSPS) is 19.6. The average Bonchev–Trinajstić information content (AvgIpc) is 3.63. The highest BCUT2D eigenvalue weighted by molar-refractivity contribution is 5.98. The van der Waals surface area contributed by atoms with Gasteiger partial charge in [-0.05, 0) is 54.3 Å². The maximum atomic E-state index is 13.5. The van der Waals surface area contributed by atoms with Gasteiger partial charge < -0.3 is 9.30 Å². The number of benzene rings is 2. The molecule has 0 radical (unpaired) electrons. The minimum Gasteiger partial charge on any atom is -0.441 e. The van der Waals surface area contributed by atoms with Crippen LogP contribution in [0.2, 0.25) is 0 Å². The van der Waals surface area contributed by atoms with Gasteiger partial charge in [-0.25, -0.2) is 9.78 Å². The van der Waals surface area contributed by atoms with E-state index in [4.69, 9.17) is 4.74 Å². The second kappa shape index (κ2) is 8.70. The van der Waals surface area contributed by atoms with Gasteiger partial charge in [0.1, 0.15) is 5.60 Å². The molecule has 2 saturated heterocycles. The molecule has 3 fully saturated rings. The first-order chi connectivity index (χ1) is 18.1. The summed E-state index contributed by atoms with van der Waals surface area (Å²) in [5.41, 5.74) is 5.01. The molecule has 0 unspecified atom stereocenters. The zero-order valence-electron chi connectivity index (χ0n) is 20.6. The van der Waals surface area contributed by atoms with Gasteiger partial charge in [-0.15, -0.1) is 0 Å². The molecule has 37 heavy (non-hydrogen) atoms. The number of pyridine rings is 1. The summed E-state index contributed by atoms with van der Waals surface area (Å²) >= 11 is 0. The van der Waals surface area contributed by atoms with Crippen molar-refractivity contribution in [3.8, 4) is 11.1 Å². The van der Waals surface area contributed by atoms with Gasteiger partial charge in [-0.3, -0.25) is 9.80 Å². The van der Waals surface area contributed by atoms with E-state index in [1.807, 2.05) is 36.4 Å². The third-order valence-corrected chi connectivity index (χ3v) is 8.11. The van der Waals surface area contributed by atoms with Crippen LogP contribution in [0, 0.1) is 5.95 Å². The van der Waals surface area contributed by atoms with Crippen LogP contribution in [0.3, 0.4) is 0 Å². The van der Waals surface area contributed by atoms with Crippen LogP contribution < -0.4 is 4.90 Å². The monoisotopic (exact) mass is 496 g/mol. The number of rotatable bonds is 5. The van der Waals surface area contributed by atoms with Crippen molar-refractivity contribution in [1.82, 2.24) is 14.5 Å². The van der Waals surface area contributed by atoms with E-state index >= 15 is 0 Å². The van der Waals surface area contributed by atoms with Crippen molar-refractivity contribution >= 4 is 22.7 Å². The standard InChI is InChI=1S/C30H29FN4O2/c31-27-12-9-21(17-32-27)25-7-4-8-26-28(25)22(19-34(26)24-10-11-24)18-33-15-13-30(14-16-33)20-35(29(36)37-30)23-5-2-1-3-6-23/h1-9,12,17,19,24H,10-11,13-16,18,20H2. The molecule has 7 heteroatoms. The van der Waals surface area contributed by atoms with E-state index in [1.54, 1.807) is 11.1 Å². The molecule has 2 aromatic heterocycles. The second-order valence-corrected chi connectivity index (χ2v) is 10.6. The molecule has 2 aromatic carbocycles. The van der Waals surface area contributed by atoms with Crippen molar-refractivity contribution in [2.45, 2.75) is 43.9 Å². The number of para-hydroxylation sites is 1. The van der Waals surface area contributed by atoms with Crippen LogP contribution in [0.5, 0.6) is 0 Å². The average molecular weight is 497 g/mol. The Bertz CT molecular complexity index is 1450. The quantitative estimate of drug-likeness (QED) is 0.310. The van der Waals surface area contributed by atoms with Crippen LogP contribution in [-0.2, 0) is 11.3 Å². The molecule has 6 nitrogen and oxygen atoms in total. The Labute approximate surface area is 215 Å². The number of piperidine rings is 1. The molecule has 3 aliphatic rings. The highest BCUT2D eigenvalue weighted by Gasteiger charge is 2.47. The van der Waals surface area contributed by atoms with Gasteiger partial charge in [0.15, 0.2) is 0 Å². The number of fused-ring (bicyclic) bond motifs is 1. The number of carbonyl (C=O) groups is 1. The first-order valence-corrected chi connectivity index (χ1v) is 13.1. The molecule has 0 bridgehead atoms. The fourth-order valence-electron chi connectivity index (χ4n) is 5.99. The van der Waals surface area contributed by atoms with Crippen LogP contribution >= 0.6 is 0 Å². The third-order valence-electron chi connectivity index (χ3n) is 8.11. The van der Waals surface area contributed by atoms with Crippen LogP contribution in [0.15, 0.2) is 73.1 Å². The van der Waals surface area contributed by atoms with Crippen molar-refractivity contribution in [1.29, 1.82) is 0 Å². The summed E-state index contributed by atoms with van der Waals surface area (Å²) in [6, 6.07) is 20.0. The number of aromatic nitrogens is 2. The van der Waals surface area contributed by atoms with Gasteiger partial charge in [0.25, 0.3) is 0 Å². The summed E-state index contributed by atoms with van der Waals surface area (Å²) in [6.45, 7) is 3.17. The van der Waals surface area contributed by atoms with Crippen LogP contribution in [0.4, 0.5) is 14.9 Å². The second-order valence-electron chi connectivity index (χ2n) is 10.6. The molecule has 1 spiro atoms. The Morgan fingerprint density at radius 2 is 1.81 bits per heavy atom. The Morgan fingerprint density at radius 3 is 2.54 bits per heavy atom. The molecule has 1 aliphatic carbocycles. The van der Waals surface area contributed by atoms with E-state index in [9.17, 15) is 9.18 Å². The third kappa shape index (κ3) is 4.07. The molecule has 2 aliphatic heterocycles. The summed E-state index contributed by atoms with van der Waals surface area (Å²) in [7, 11) is 0. The van der Waals surface area contributed by atoms with Gasteiger partial charge in [-0.2, -0.15) is 4.39 Å². The zero-order valence-corrected chi connectivity index (χ0v) is 20.6. The predicted molar refractivity (Wildman–Crippen MR) is 141 cm³/mol. The first kappa shape index (κ1) is 22.5. The predicted octanol–water partition coefficient (Wildman–Crippen LogP) is 6.17. The molecule has 1 saturated carbocycles. The minimum absolute atomic E-state index is 0.246. The Balaban J connectivity index is 1.14. The number of hydrogen-bond acceptors (Lipinski definition) is 4. The number of carbonyl (C=O) groups excluding carboxylic acids is 1. The number of likely N-dealkylation sites (tertiary alicyclic amines) is 1. The van der Waals surface area contributed by atoms with E-state index in [0.29, 0.717) is 12.6 Å². The minimum atomic E-state index is -0.465. The maximum absolute atomic E-state index is 13.5. The molecule has 4 heterocycles. The smallest absolute Gasteiger partial charge is 0.415 e. The van der Waals surface area contributed by atoms with E-state index in [2.05, 4.69) is 38.8 Å². The van der Waals surface area contributed by atoms with Crippen LogP contribution in [0.1, 0.15) is 37.3 Å². The summed E-state index contributed by atoms with van der Waals surface area (Å²) in [6.07, 6.45) is 7.75. The highest BCUT2D eigenvalue weighted by atomic mass is 19.1. The Kier molecular flexibility index (Phi) is 5.29. The maximum Gasteiger partial charge on any atom is 0.415 e. The number of amides is 1. The van der Waals surface area contributed by atoms with Gasteiger partial charge in [0.05, 0.1) is 6.54 Å². The highest BCUT2D eigenvalue weighted by Crippen LogP contribution is 2.42. The van der Waals surface area contributed by atoms with E-state index < -0.39 is 11.5 Å². The lowest BCUT2D eigenvalue weighted by Crippen LogP contribution is -2.46. The zero-order chi connectivity index (χ0) is 25.0. The molecule has 1 amide bonds. The fraction of sp³-hybridized carbons (Fsp3) is 0.333. The lowest BCUT2D eigenvalue weighted by Gasteiger charge is -2.37. The summed E-state index contributed by atoms with van der Waals surface area (Å²) in [4.78, 5) is 20.8. The van der Waals surface area contributed by atoms with Crippen molar-refractivity contribution in [2.75, 3.05) is 24.5 Å². The number of nitrogens with zero attached hydrogens (tertiary/aromatic N) is 4. The Morgan fingerprint density at radius 1 is 1.00 bits per heavy atom. The van der Waals surface area contributed by atoms with Crippen molar-refractivity contribution in [3.63, 3.8) is 0 Å². The van der Waals surface area contributed by atoms with Crippen molar-refractivity contribution < 1.29 is 13.9 Å². The number of halogens is 1. The van der Waals surface area contributed by atoms with Crippen molar-refractivity contribution in [3.05, 3.63) is 84.6 Å².